The fourth-order valence-corrected chi connectivity index (χ4v) is 4.18. The second-order valence-corrected chi connectivity index (χ2v) is 8.27. The van der Waals surface area contributed by atoms with Gasteiger partial charge in [0.25, 0.3) is 5.91 Å². The molecule has 0 spiro atoms. The normalized spacial score (nSPS) is 17.6. The van der Waals surface area contributed by atoms with Crippen LogP contribution in [0.3, 0.4) is 0 Å². The summed E-state index contributed by atoms with van der Waals surface area (Å²) in [6.07, 6.45) is 2.42. The van der Waals surface area contributed by atoms with Crippen LogP contribution in [0.25, 0.3) is 0 Å². The minimum atomic E-state index is 0.00126. The van der Waals surface area contributed by atoms with E-state index in [1.165, 1.54) is 12.8 Å². The molecule has 8 nitrogen and oxygen atoms in total. The summed E-state index contributed by atoms with van der Waals surface area (Å²) in [6, 6.07) is 9.40. The third-order valence-corrected chi connectivity index (χ3v) is 6.27. The zero-order valence-corrected chi connectivity index (χ0v) is 18.6. The van der Waals surface area contributed by atoms with Crippen molar-refractivity contribution in [3.05, 3.63) is 35.9 Å². The first kappa shape index (κ1) is 21.2. The van der Waals surface area contributed by atoms with Crippen LogP contribution < -0.4 is 19.3 Å². The van der Waals surface area contributed by atoms with Crippen LogP contribution >= 0.6 is 0 Å². The molecule has 2 saturated heterocycles. The number of anilines is 2. The van der Waals surface area contributed by atoms with E-state index in [0.717, 1.165) is 43.7 Å². The van der Waals surface area contributed by atoms with Gasteiger partial charge in [-0.25, -0.2) is 0 Å². The summed E-state index contributed by atoms with van der Waals surface area (Å²) in [5.41, 5.74) is 0.603. The van der Waals surface area contributed by atoms with Crippen LogP contribution in [0.15, 0.2) is 30.3 Å². The standard InChI is InChI=1S/C23H31N5O3/c1-17-8-10-26(11-9-17)21-6-7-22(25-24-21)27-12-14-28(15-13-27)23(29)18-4-5-19(30-2)20(16-18)31-3/h4-7,16-17H,8-15H2,1-3H3. The van der Waals surface area contributed by atoms with Crippen LogP contribution in [0.2, 0.25) is 0 Å². The van der Waals surface area contributed by atoms with Gasteiger partial charge in [0.1, 0.15) is 0 Å². The monoisotopic (exact) mass is 425 g/mol. The topological polar surface area (TPSA) is 71.0 Å². The Morgan fingerprint density at radius 3 is 1.97 bits per heavy atom. The van der Waals surface area contributed by atoms with Gasteiger partial charge in [-0.2, -0.15) is 0 Å². The van der Waals surface area contributed by atoms with Crippen molar-refractivity contribution in [2.45, 2.75) is 19.8 Å². The van der Waals surface area contributed by atoms with E-state index in [0.29, 0.717) is 30.2 Å². The molecular weight excluding hydrogens is 394 g/mol. The zero-order chi connectivity index (χ0) is 21.8. The van der Waals surface area contributed by atoms with Crippen LogP contribution in [0.1, 0.15) is 30.1 Å². The molecule has 0 radical (unpaired) electrons. The quantitative estimate of drug-likeness (QED) is 0.729. The van der Waals surface area contributed by atoms with Gasteiger partial charge in [0.15, 0.2) is 23.1 Å². The Kier molecular flexibility index (Phi) is 6.44. The van der Waals surface area contributed by atoms with Crippen molar-refractivity contribution in [3.8, 4) is 11.5 Å². The van der Waals surface area contributed by atoms with Gasteiger partial charge in [-0.1, -0.05) is 6.92 Å². The highest BCUT2D eigenvalue weighted by Gasteiger charge is 2.24. The number of benzene rings is 1. The Balaban J connectivity index is 1.34. The molecule has 0 atom stereocenters. The number of hydrogen-bond acceptors (Lipinski definition) is 7. The molecule has 31 heavy (non-hydrogen) atoms. The third-order valence-electron chi connectivity index (χ3n) is 6.27. The summed E-state index contributed by atoms with van der Waals surface area (Å²) >= 11 is 0. The molecule has 1 aromatic carbocycles. The van der Waals surface area contributed by atoms with E-state index in [4.69, 9.17) is 9.47 Å². The lowest BCUT2D eigenvalue weighted by Gasteiger charge is -2.35. The van der Waals surface area contributed by atoms with Crippen LogP contribution in [0.4, 0.5) is 11.6 Å². The van der Waals surface area contributed by atoms with Crippen molar-refractivity contribution in [3.63, 3.8) is 0 Å². The van der Waals surface area contributed by atoms with E-state index in [9.17, 15) is 4.79 Å². The molecule has 2 fully saturated rings. The maximum atomic E-state index is 12.9. The number of ether oxygens (including phenoxy) is 2. The molecule has 0 bridgehead atoms. The number of amides is 1. The van der Waals surface area contributed by atoms with Gasteiger partial charge in [-0.3, -0.25) is 4.79 Å². The second kappa shape index (κ2) is 9.41. The first-order valence-corrected chi connectivity index (χ1v) is 10.9. The van der Waals surface area contributed by atoms with Gasteiger partial charge >= 0.3 is 0 Å². The number of carbonyl (C=O) groups excluding carboxylic acids is 1. The van der Waals surface area contributed by atoms with Crippen molar-refractivity contribution in [1.82, 2.24) is 15.1 Å². The first-order chi connectivity index (χ1) is 15.1. The average Bonchev–Trinajstić information content (AvgIpc) is 2.84. The predicted molar refractivity (Wildman–Crippen MR) is 120 cm³/mol. The lowest BCUT2D eigenvalue weighted by molar-refractivity contribution is 0.0746. The molecule has 2 aliphatic heterocycles. The molecule has 2 aliphatic rings. The van der Waals surface area contributed by atoms with Crippen LogP contribution in [-0.4, -0.2) is 74.5 Å². The number of methoxy groups -OCH3 is 2. The van der Waals surface area contributed by atoms with Crippen molar-refractivity contribution >= 4 is 17.5 Å². The van der Waals surface area contributed by atoms with Crippen molar-refractivity contribution in [2.24, 2.45) is 5.92 Å². The van der Waals surface area contributed by atoms with Gasteiger partial charge in [-0.05, 0) is 49.1 Å². The number of hydrogen-bond donors (Lipinski definition) is 0. The smallest absolute Gasteiger partial charge is 0.254 e. The molecule has 8 heteroatoms. The molecule has 3 heterocycles. The number of aromatic nitrogens is 2. The van der Waals surface area contributed by atoms with Crippen LogP contribution in [-0.2, 0) is 0 Å². The predicted octanol–water partition coefficient (Wildman–Crippen LogP) is 2.69. The van der Waals surface area contributed by atoms with Gasteiger partial charge in [0, 0.05) is 44.8 Å². The Bertz CT molecular complexity index is 889. The van der Waals surface area contributed by atoms with E-state index >= 15 is 0 Å². The van der Waals surface area contributed by atoms with Crippen molar-refractivity contribution in [1.29, 1.82) is 0 Å². The molecule has 0 N–H and O–H groups in total. The summed E-state index contributed by atoms with van der Waals surface area (Å²) in [4.78, 5) is 19.3. The summed E-state index contributed by atoms with van der Waals surface area (Å²) in [6.45, 7) is 7.14. The SMILES string of the molecule is COc1ccc(C(=O)N2CCN(c3ccc(N4CCC(C)CC4)nn3)CC2)cc1OC. The lowest BCUT2D eigenvalue weighted by atomic mass is 9.99. The number of rotatable bonds is 5. The largest absolute Gasteiger partial charge is 0.493 e. The van der Waals surface area contributed by atoms with E-state index < -0.39 is 0 Å². The highest BCUT2D eigenvalue weighted by molar-refractivity contribution is 5.95. The average molecular weight is 426 g/mol. The molecule has 0 unspecified atom stereocenters. The highest BCUT2D eigenvalue weighted by Crippen LogP contribution is 2.28. The Morgan fingerprint density at radius 1 is 0.839 bits per heavy atom. The van der Waals surface area contributed by atoms with Crippen molar-refractivity contribution in [2.75, 3.05) is 63.3 Å². The fraction of sp³-hybridized carbons (Fsp3) is 0.522. The van der Waals surface area contributed by atoms with Gasteiger partial charge in [0.05, 0.1) is 14.2 Å². The van der Waals surface area contributed by atoms with E-state index in [1.807, 2.05) is 11.0 Å². The summed E-state index contributed by atoms with van der Waals surface area (Å²) in [5.74, 6) is 3.79. The molecule has 166 valence electrons. The maximum absolute atomic E-state index is 12.9. The van der Waals surface area contributed by atoms with E-state index in [1.54, 1.807) is 32.4 Å². The summed E-state index contributed by atoms with van der Waals surface area (Å²) in [7, 11) is 3.16. The lowest BCUT2D eigenvalue weighted by Crippen LogP contribution is -2.49. The fourth-order valence-electron chi connectivity index (χ4n) is 4.18. The second-order valence-electron chi connectivity index (χ2n) is 8.27. The van der Waals surface area contributed by atoms with Crippen molar-refractivity contribution < 1.29 is 14.3 Å². The Labute approximate surface area is 183 Å². The van der Waals surface area contributed by atoms with Crippen LogP contribution in [0, 0.1) is 5.92 Å². The van der Waals surface area contributed by atoms with E-state index in [2.05, 4.69) is 33.0 Å². The molecule has 4 rings (SSSR count). The van der Waals surface area contributed by atoms with Gasteiger partial charge in [-0.15, -0.1) is 10.2 Å². The zero-order valence-electron chi connectivity index (χ0n) is 18.6. The molecule has 2 aromatic rings. The Morgan fingerprint density at radius 2 is 1.42 bits per heavy atom. The number of nitrogens with zero attached hydrogens (tertiary/aromatic N) is 5. The summed E-state index contributed by atoms with van der Waals surface area (Å²) in [5, 5.41) is 8.93. The van der Waals surface area contributed by atoms with Crippen LogP contribution in [0.5, 0.6) is 11.5 Å². The first-order valence-electron chi connectivity index (χ1n) is 10.9. The minimum absolute atomic E-state index is 0.00126. The van der Waals surface area contributed by atoms with Gasteiger partial charge < -0.3 is 24.2 Å². The highest BCUT2D eigenvalue weighted by atomic mass is 16.5. The summed E-state index contributed by atoms with van der Waals surface area (Å²) < 4.78 is 10.6. The van der Waals surface area contributed by atoms with Gasteiger partial charge in [0.2, 0.25) is 0 Å². The molecule has 1 aromatic heterocycles. The molecule has 0 aliphatic carbocycles. The molecule has 1 amide bonds. The number of carbonyl (C=O) groups is 1. The number of piperidine rings is 1. The molecular formula is C23H31N5O3. The van der Waals surface area contributed by atoms with E-state index in [-0.39, 0.29) is 5.91 Å². The number of piperazine rings is 1. The third kappa shape index (κ3) is 4.68. The minimum Gasteiger partial charge on any atom is -0.493 e. The Hall–Kier alpha value is -3.03. The maximum Gasteiger partial charge on any atom is 0.254 e. The molecule has 0 saturated carbocycles.